The number of aryl methyl sites for hydroxylation is 3. The van der Waals surface area contributed by atoms with Crippen LogP contribution in [0.1, 0.15) is 27.0 Å². The predicted molar refractivity (Wildman–Crippen MR) is 131 cm³/mol. The molecule has 2 amide bonds. The van der Waals surface area contributed by atoms with E-state index < -0.39 is 0 Å². The highest BCUT2D eigenvalue weighted by Gasteiger charge is 2.20. The third kappa shape index (κ3) is 4.85. The SMILES string of the molecule is Cc1ccccc1-c1nn(-c2ccccc2)cc1C(=O)NCC(=O)Nc1c(C)cccc1C. The highest BCUT2D eigenvalue weighted by molar-refractivity contribution is 6.03. The van der Waals surface area contributed by atoms with E-state index in [9.17, 15) is 9.59 Å². The molecule has 6 nitrogen and oxygen atoms in total. The number of carbonyl (C=O) groups excluding carboxylic acids is 2. The average molecular weight is 439 g/mol. The minimum atomic E-state index is -0.355. The molecule has 6 heteroatoms. The Bertz CT molecular complexity index is 1290. The maximum atomic E-state index is 13.1. The van der Waals surface area contributed by atoms with E-state index in [4.69, 9.17) is 5.10 Å². The van der Waals surface area contributed by atoms with Gasteiger partial charge >= 0.3 is 0 Å². The Morgan fingerprint density at radius 1 is 0.818 bits per heavy atom. The van der Waals surface area contributed by atoms with Gasteiger partial charge in [-0.3, -0.25) is 9.59 Å². The molecule has 166 valence electrons. The molecule has 0 fully saturated rings. The van der Waals surface area contributed by atoms with Crippen LogP contribution in [0, 0.1) is 20.8 Å². The lowest BCUT2D eigenvalue weighted by molar-refractivity contribution is -0.115. The standard InChI is InChI=1S/C27H26N4O2/c1-18-10-7-8-15-22(18)26-23(17-31(30-26)21-13-5-4-6-14-21)27(33)28-16-24(32)29-25-19(2)11-9-12-20(25)3/h4-15,17H,16H2,1-3H3,(H,28,33)(H,29,32). The van der Waals surface area contributed by atoms with Crippen LogP contribution < -0.4 is 10.6 Å². The summed E-state index contributed by atoms with van der Waals surface area (Å²) >= 11 is 0. The van der Waals surface area contributed by atoms with Gasteiger partial charge in [0.2, 0.25) is 5.91 Å². The number of hydrogen-bond donors (Lipinski definition) is 2. The van der Waals surface area contributed by atoms with E-state index in [0.717, 1.165) is 33.6 Å². The predicted octanol–water partition coefficient (Wildman–Crippen LogP) is 4.83. The van der Waals surface area contributed by atoms with Crippen LogP contribution >= 0.6 is 0 Å². The fraction of sp³-hybridized carbons (Fsp3) is 0.148. The zero-order chi connectivity index (χ0) is 23.4. The third-order valence-electron chi connectivity index (χ3n) is 5.53. The summed E-state index contributed by atoms with van der Waals surface area (Å²) in [5.74, 6) is -0.638. The largest absolute Gasteiger partial charge is 0.343 e. The van der Waals surface area contributed by atoms with E-state index in [1.54, 1.807) is 10.9 Å². The van der Waals surface area contributed by atoms with Crippen LogP contribution in [0.15, 0.2) is 79.0 Å². The maximum absolute atomic E-state index is 13.1. The Morgan fingerprint density at radius 2 is 1.45 bits per heavy atom. The molecular weight excluding hydrogens is 412 g/mol. The molecule has 0 aliphatic carbocycles. The third-order valence-corrected chi connectivity index (χ3v) is 5.53. The van der Waals surface area contributed by atoms with Crippen LogP contribution in [0.5, 0.6) is 0 Å². The number of carbonyl (C=O) groups is 2. The zero-order valence-electron chi connectivity index (χ0n) is 18.9. The highest BCUT2D eigenvalue weighted by Crippen LogP contribution is 2.26. The molecule has 0 saturated carbocycles. The number of para-hydroxylation sites is 2. The summed E-state index contributed by atoms with van der Waals surface area (Å²) in [4.78, 5) is 25.7. The molecule has 4 aromatic rings. The molecule has 2 N–H and O–H groups in total. The topological polar surface area (TPSA) is 76.0 Å². The molecule has 0 atom stereocenters. The molecule has 0 bridgehead atoms. The fourth-order valence-electron chi connectivity index (χ4n) is 3.74. The van der Waals surface area contributed by atoms with E-state index in [-0.39, 0.29) is 18.4 Å². The minimum absolute atomic E-state index is 0.143. The van der Waals surface area contributed by atoms with Crippen molar-refractivity contribution in [3.8, 4) is 16.9 Å². The molecule has 4 rings (SSSR count). The Balaban J connectivity index is 1.58. The number of anilines is 1. The van der Waals surface area contributed by atoms with Crippen LogP contribution in [0.4, 0.5) is 5.69 Å². The smallest absolute Gasteiger partial charge is 0.255 e. The first kappa shape index (κ1) is 22.0. The molecule has 1 heterocycles. The van der Waals surface area contributed by atoms with Crippen molar-refractivity contribution < 1.29 is 9.59 Å². The van der Waals surface area contributed by atoms with Crippen LogP contribution in [0.25, 0.3) is 16.9 Å². The first-order valence-corrected chi connectivity index (χ1v) is 10.8. The average Bonchev–Trinajstić information content (AvgIpc) is 3.26. The summed E-state index contributed by atoms with van der Waals surface area (Å²) in [6, 6.07) is 23.2. The summed E-state index contributed by atoms with van der Waals surface area (Å²) in [5, 5.41) is 10.4. The summed E-state index contributed by atoms with van der Waals surface area (Å²) in [6.45, 7) is 5.72. The van der Waals surface area contributed by atoms with Gasteiger partial charge in [0.25, 0.3) is 5.91 Å². The second-order valence-electron chi connectivity index (χ2n) is 7.98. The summed E-state index contributed by atoms with van der Waals surface area (Å²) in [5.41, 5.74) is 6.43. The quantitative estimate of drug-likeness (QED) is 0.453. The van der Waals surface area contributed by atoms with E-state index in [2.05, 4.69) is 10.6 Å². The van der Waals surface area contributed by atoms with Gasteiger partial charge in [-0.25, -0.2) is 4.68 Å². The van der Waals surface area contributed by atoms with Gasteiger partial charge in [0, 0.05) is 17.4 Å². The van der Waals surface area contributed by atoms with Crippen LogP contribution in [0.2, 0.25) is 0 Å². The number of hydrogen-bond acceptors (Lipinski definition) is 3. The van der Waals surface area contributed by atoms with Crippen molar-refractivity contribution >= 4 is 17.5 Å². The van der Waals surface area contributed by atoms with Crippen molar-refractivity contribution in [2.45, 2.75) is 20.8 Å². The molecule has 0 spiro atoms. The Labute approximate surface area is 193 Å². The first-order valence-electron chi connectivity index (χ1n) is 10.8. The van der Waals surface area contributed by atoms with Crippen LogP contribution in [-0.4, -0.2) is 28.1 Å². The van der Waals surface area contributed by atoms with E-state index in [1.165, 1.54) is 0 Å². The monoisotopic (exact) mass is 438 g/mol. The number of benzene rings is 3. The molecule has 0 saturated heterocycles. The number of amides is 2. The van der Waals surface area contributed by atoms with E-state index in [1.807, 2.05) is 93.6 Å². The normalized spacial score (nSPS) is 10.6. The number of rotatable bonds is 6. The van der Waals surface area contributed by atoms with Gasteiger partial charge in [-0.2, -0.15) is 5.10 Å². The second kappa shape index (κ2) is 9.53. The molecule has 0 aliphatic rings. The van der Waals surface area contributed by atoms with Gasteiger partial charge in [0.15, 0.2) is 0 Å². The van der Waals surface area contributed by atoms with Gasteiger partial charge in [-0.15, -0.1) is 0 Å². The van der Waals surface area contributed by atoms with Gasteiger partial charge in [-0.05, 0) is 49.6 Å². The number of nitrogens with one attached hydrogen (secondary N) is 2. The molecule has 0 radical (unpaired) electrons. The number of nitrogens with zero attached hydrogens (tertiary/aromatic N) is 2. The summed E-state index contributed by atoms with van der Waals surface area (Å²) in [6.07, 6.45) is 1.70. The summed E-state index contributed by atoms with van der Waals surface area (Å²) < 4.78 is 1.69. The highest BCUT2D eigenvalue weighted by atomic mass is 16.2. The Hall–Kier alpha value is -4.19. The molecule has 0 unspecified atom stereocenters. The maximum Gasteiger partial charge on any atom is 0.255 e. The van der Waals surface area contributed by atoms with Crippen LogP contribution in [0.3, 0.4) is 0 Å². The van der Waals surface area contributed by atoms with Crippen molar-refractivity contribution in [1.82, 2.24) is 15.1 Å². The molecule has 0 aliphatic heterocycles. The van der Waals surface area contributed by atoms with Gasteiger partial charge in [0.1, 0.15) is 5.69 Å². The molecular formula is C27H26N4O2. The van der Waals surface area contributed by atoms with E-state index in [0.29, 0.717) is 11.3 Å². The first-order chi connectivity index (χ1) is 15.9. The number of aromatic nitrogens is 2. The van der Waals surface area contributed by atoms with Crippen molar-refractivity contribution in [3.63, 3.8) is 0 Å². The van der Waals surface area contributed by atoms with Gasteiger partial charge in [0.05, 0.1) is 17.8 Å². The van der Waals surface area contributed by atoms with Crippen LogP contribution in [-0.2, 0) is 4.79 Å². The lowest BCUT2D eigenvalue weighted by Gasteiger charge is -2.12. The fourth-order valence-corrected chi connectivity index (χ4v) is 3.74. The molecule has 3 aromatic carbocycles. The lowest BCUT2D eigenvalue weighted by Crippen LogP contribution is -2.33. The van der Waals surface area contributed by atoms with E-state index >= 15 is 0 Å². The van der Waals surface area contributed by atoms with Gasteiger partial charge < -0.3 is 10.6 Å². The van der Waals surface area contributed by atoms with Crippen molar-refractivity contribution in [2.75, 3.05) is 11.9 Å². The molecule has 1 aromatic heterocycles. The lowest BCUT2D eigenvalue weighted by atomic mass is 10.0. The Kier molecular flexibility index (Phi) is 6.36. The van der Waals surface area contributed by atoms with Gasteiger partial charge in [-0.1, -0.05) is 60.7 Å². The zero-order valence-corrected chi connectivity index (χ0v) is 18.9. The minimum Gasteiger partial charge on any atom is -0.343 e. The second-order valence-corrected chi connectivity index (χ2v) is 7.98. The van der Waals surface area contributed by atoms with Crippen molar-refractivity contribution in [3.05, 3.63) is 101 Å². The van der Waals surface area contributed by atoms with Crippen molar-refractivity contribution in [2.24, 2.45) is 0 Å². The Morgan fingerprint density at radius 3 is 2.15 bits per heavy atom. The molecule has 33 heavy (non-hydrogen) atoms. The summed E-state index contributed by atoms with van der Waals surface area (Å²) in [7, 11) is 0. The van der Waals surface area contributed by atoms with Crippen molar-refractivity contribution in [1.29, 1.82) is 0 Å².